The van der Waals surface area contributed by atoms with Crippen molar-refractivity contribution in [3.63, 3.8) is 0 Å². The third kappa shape index (κ3) is 4.11. The number of hydrogen-bond acceptors (Lipinski definition) is 3. The number of amides is 1. The van der Waals surface area contributed by atoms with E-state index in [0.717, 1.165) is 39.0 Å². The topological polar surface area (TPSA) is 41.6 Å². The Labute approximate surface area is 147 Å². The van der Waals surface area contributed by atoms with Crippen molar-refractivity contribution < 1.29 is 9.53 Å². The van der Waals surface area contributed by atoms with Crippen LogP contribution in [0, 0.1) is 5.41 Å². The zero-order valence-electron chi connectivity index (χ0n) is 13.1. The molecule has 1 N–H and O–H groups in total. The van der Waals surface area contributed by atoms with E-state index in [-0.39, 0.29) is 5.91 Å². The Morgan fingerprint density at radius 1 is 1.22 bits per heavy atom. The van der Waals surface area contributed by atoms with Crippen LogP contribution in [0.3, 0.4) is 0 Å². The van der Waals surface area contributed by atoms with E-state index in [9.17, 15) is 4.79 Å². The molecule has 3 rings (SSSR count). The monoisotopic (exact) mass is 356 g/mol. The van der Waals surface area contributed by atoms with Gasteiger partial charge in [0.25, 0.3) is 0 Å². The number of carbonyl (C=O) groups is 1. The van der Waals surface area contributed by atoms with E-state index in [1.165, 1.54) is 6.42 Å². The van der Waals surface area contributed by atoms with Crippen molar-refractivity contribution in [2.24, 2.45) is 5.41 Å². The molecule has 6 heteroatoms. The first-order valence-corrected chi connectivity index (χ1v) is 8.90. The zero-order chi connectivity index (χ0) is 16.3. The summed E-state index contributed by atoms with van der Waals surface area (Å²) in [5.74, 6) is 0.813. The maximum absolute atomic E-state index is 12.3. The largest absolute Gasteiger partial charge is 0.493 e. The second kappa shape index (κ2) is 7.29. The van der Waals surface area contributed by atoms with Gasteiger partial charge in [-0.25, -0.2) is 0 Å². The number of piperidine rings is 1. The molecule has 1 amide bonds. The summed E-state index contributed by atoms with van der Waals surface area (Å²) in [6.45, 7) is 4.32. The summed E-state index contributed by atoms with van der Waals surface area (Å²) in [6, 6.07) is 5.13. The molecule has 2 fully saturated rings. The average Bonchev–Trinajstić information content (AvgIpc) is 2.99. The molecule has 126 valence electrons. The van der Waals surface area contributed by atoms with Gasteiger partial charge in [0.1, 0.15) is 5.75 Å². The van der Waals surface area contributed by atoms with Gasteiger partial charge in [0.2, 0.25) is 5.91 Å². The molecule has 4 nitrogen and oxygen atoms in total. The summed E-state index contributed by atoms with van der Waals surface area (Å²) in [4.78, 5) is 14.3. The lowest BCUT2D eigenvalue weighted by molar-refractivity contribution is -0.133. The highest BCUT2D eigenvalue weighted by molar-refractivity contribution is 6.42. The van der Waals surface area contributed by atoms with Crippen molar-refractivity contribution in [1.82, 2.24) is 10.2 Å². The summed E-state index contributed by atoms with van der Waals surface area (Å²) >= 11 is 11.8. The predicted octanol–water partition coefficient (Wildman–Crippen LogP) is 3.36. The minimum atomic E-state index is 0.172. The number of likely N-dealkylation sites (tertiary alicyclic amines) is 1. The fourth-order valence-electron chi connectivity index (χ4n) is 3.43. The Kier molecular flexibility index (Phi) is 5.34. The van der Waals surface area contributed by atoms with Gasteiger partial charge in [-0.1, -0.05) is 23.2 Å². The molecule has 2 saturated heterocycles. The maximum Gasteiger partial charge on any atom is 0.225 e. The molecule has 0 aromatic heterocycles. The number of carbonyl (C=O) groups excluding carboxylic acids is 1. The van der Waals surface area contributed by atoms with Crippen LogP contribution in [-0.2, 0) is 4.79 Å². The lowest BCUT2D eigenvalue weighted by Crippen LogP contribution is -2.44. The number of ether oxygens (including phenoxy) is 1. The summed E-state index contributed by atoms with van der Waals surface area (Å²) in [7, 11) is 0. The van der Waals surface area contributed by atoms with Crippen LogP contribution in [0.15, 0.2) is 18.2 Å². The van der Waals surface area contributed by atoms with Crippen LogP contribution in [0.1, 0.15) is 25.7 Å². The van der Waals surface area contributed by atoms with E-state index in [2.05, 4.69) is 5.32 Å². The Hall–Kier alpha value is -0.970. The second-order valence-electron chi connectivity index (χ2n) is 6.48. The van der Waals surface area contributed by atoms with E-state index in [1.807, 2.05) is 4.90 Å². The van der Waals surface area contributed by atoms with Crippen LogP contribution in [0.5, 0.6) is 5.75 Å². The molecule has 1 spiro atoms. The van der Waals surface area contributed by atoms with E-state index in [0.29, 0.717) is 34.2 Å². The highest BCUT2D eigenvalue weighted by Crippen LogP contribution is 2.37. The molecular formula is C17H22Cl2N2O2. The van der Waals surface area contributed by atoms with Gasteiger partial charge in [-0.2, -0.15) is 0 Å². The lowest BCUT2D eigenvalue weighted by Gasteiger charge is -2.38. The average molecular weight is 357 g/mol. The van der Waals surface area contributed by atoms with Crippen molar-refractivity contribution in [2.75, 3.05) is 32.8 Å². The predicted molar refractivity (Wildman–Crippen MR) is 92.3 cm³/mol. The van der Waals surface area contributed by atoms with Gasteiger partial charge >= 0.3 is 0 Å². The molecule has 2 aliphatic heterocycles. The summed E-state index contributed by atoms with van der Waals surface area (Å²) in [6.07, 6.45) is 3.86. The van der Waals surface area contributed by atoms with E-state index in [4.69, 9.17) is 27.9 Å². The highest BCUT2D eigenvalue weighted by Gasteiger charge is 2.37. The van der Waals surface area contributed by atoms with Gasteiger partial charge < -0.3 is 15.0 Å². The van der Waals surface area contributed by atoms with Crippen LogP contribution >= 0.6 is 23.2 Å². The first-order chi connectivity index (χ1) is 11.1. The van der Waals surface area contributed by atoms with E-state index >= 15 is 0 Å². The number of hydrogen-bond donors (Lipinski definition) is 1. The zero-order valence-corrected chi connectivity index (χ0v) is 14.6. The fourth-order valence-corrected chi connectivity index (χ4v) is 3.72. The summed E-state index contributed by atoms with van der Waals surface area (Å²) in [5.41, 5.74) is 0.438. The lowest BCUT2D eigenvalue weighted by atomic mass is 9.78. The fraction of sp³-hybridized carbons (Fsp3) is 0.588. The van der Waals surface area contributed by atoms with Crippen LogP contribution in [0.2, 0.25) is 10.0 Å². The minimum Gasteiger partial charge on any atom is -0.493 e. The normalized spacial score (nSPS) is 20.0. The molecule has 1 aromatic rings. The van der Waals surface area contributed by atoms with Gasteiger partial charge in [-0.15, -0.1) is 0 Å². The number of halogens is 2. The third-order valence-electron chi connectivity index (χ3n) is 4.98. The molecular weight excluding hydrogens is 335 g/mol. The van der Waals surface area contributed by atoms with Gasteiger partial charge in [-0.3, -0.25) is 4.79 Å². The molecule has 0 atom stereocenters. The van der Waals surface area contributed by atoms with Gasteiger partial charge in [0.05, 0.1) is 23.1 Å². The molecule has 2 heterocycles. The van der Waals surface area contributed by atoms with Crippen LogP contribution in [0.25, 0.3) is 0 Å². The molecule has 0 radical (unpaired) electrons. The Bertz CT molecular complexity index is 564. The molecule has 0 saturated carbocycles. The number of benzene rings is 1. The minimum absolute atomic E-state index is 0.172. The molecule has 2 aliphatic rings. The molecule has 0 bridgehead atoms. The number of nitrogens with zero attached hydrogens (tertiary/aromatic N) is 1. The highest BCUT2D eigenvalue weighted by atomic mass is 35.5. The molecule has 23 heavy (non-hydrogen) atoms. The van der Waals surface area contributed by atoms with Crippen LogP contribution in [0.4, 0.5) is 0 Å². The smallest absolute Gasteiger partial charge is 0.225 e. The first kappa shape index (κ1) is 16.9. The van der Waals surface area contributed by atoms with Gasteiger partial charge in [0, 0.05) is 25.7 Å². The quantitative estimate of drug-likeness (QED) is 0.899. The standard InChI is InChI=1S/C17H22Cl2N2O2/c18-14-2-1-13(11-15(14)19)23-10-3-16(22)21-8-5-17(6-9-21)4-7-20-12-17/h1-2,11,20H,3-10,12H2. The van der Waals surface area contributed by atoms with E-state index in [1.54, 1.807) is 18.2 Å². The Balaban J connectivity index is 1.42. The van der Waals surface area contributed by atoms with Crippen molar-refractivity contribution >= 4 is 29.1 Å². The summed E-state index contributed by atoms with van der Waals surface area (Å²) < 4.78 is 5.60. The van der Waals surface area contributed by atoms with Crippen LogP contribution in [-0.4, -0.2) is 43.6 Å². The molecule has 0 unspecified atom stereocenters. The first-order valence-electron chi connectivity index (χ1n) is 8.14. The Morgan fingerprint density at radius 2 is 2.00 bits per heavy atom. The molecule has 1 aromatic carbocycles. The van der Waals surface area contributed by atoms with Crippen molar-refractivity contribution in [3.8, 4) is 5.75 Å². The second-order valence-corrected chi connectivity index (χ2v) is 7.30. The third-order valence-corrected chi connectivity index (χ3v) is 5.72. The Morgan fingerprint density at radius 3 is 2.65 bits per heavy atom. The van der Waals surface area contributed by atoms with Gasteiger partial charge in [-0.05, 0) is 43.4 Å². The van der Waals surface area contributed by atoms with Gasteiger partial charge in [0.15, 0.2) is 0 Å². The van der Waals surface area contributed by atoms with Crippen molar-refractivity contribution in [1.29, 1.82) is 0 Å². The number of nitrogens with one attached hydrogen (secondary N) is 1. The van der Waals surface area contributed by atoms with Crippen molar-refractivity contribution in [3.05, 3.63) is 28.2 Å². The SMILES string of the molecule is O=C(CCOc1ccc(Cl)c(Cl)c1)N1CCC2(CCNC2)CC1. The maximum atomic E-state index is 12.3. The summed E-state index contributed by atoms with van der Waals surface area (Å²) in [5, 5.41) is 4.40. The van der Waals surface area contributed by atoms with E-state index < -0.39 is 0 Å². The van der Waals surface area contributed by atoms with Crippen molar-refractivity contribution in [2.45, 2.75) is 25.7 Å². The molecule has 0 aliphatic carbocycles. The number of rotatable bonds is 4. The van der Waals surface area contributed by atoms with Crippen LogP contribution < -0.4 is 10.1 Å².